The fourth-order valence-corrected chi connectivity index (χ4v) is 1.90. The molecule has 0 aliphatic carbocycles. The fourth-order valence-electron chi connectivity index (χ4n) is 1.90. The van der Waals surface area contributed by atoms with Crippen LogP contribution in [-0.2, 0) is 0 Å². The van der Waals surface area contributed by atoms with Crippen molar-refractivity contribution in [1.29, 1.82) is 0 Å². The van der Waals surface area contributed by atoms with E-state index in [1.54, 1.807) is 13.2 Å². The Hall–Kier alpha value is -1.96. The summed E-state index contributed by atoms with van der Waals surface area (Å²) in [5.74, 6) is 0.979. The fraction of sp³-hybridized carbons (Fsp3) is 0.200. The van der Waals surface area contributed by atoms with Crippen LogP contribution in [0.15, 0.2) is 48.5 Å². The van der Waals surface area contributed by atoms with Gasteiger partial charge in [0.1, 0.15) is 0 Å². The van der Waals surface area contributed by atoms with Gasteiger partial charge in [-0.2, -0.15) is 0 Å². The van der Waals surface area contributed by atoms with Crippen molar-refractivity contribution in [2.24, 2.45) is 0 Å². The third-order valence-corrected chi connectivity index (χ3v) is 3.00. The summed E-state index contributed by atoms with van der Waals surface area (Å²) < 4.78 is 5.12. The van der Waals surface area contributed by atoms with Crippen LogP contribution in [0.3, 0.4) is 0 Å². The van der Waals surface area contributed by atoms with Crippen LogP contribution in [0.2, 0.25) is 0 Å². The molecule has 0 aromatic heterocycles. The number of phenols is 1. The summed E-state index contributed by atoms with van der Waals surface area (Å²) in [4.78, 5) is 0. The van der Waals surface area contributed by atoms with Crippen LogP contribution in [0.4, 0.5) is 0 Å². The lowest BCUT2D eigenvalue weighted by Gasteiger charge is -2.14. The number of hydrogen-bond donors (Lipinski definition) is 1. The van der Waals surface area contributed by atoms with E-state index in [4.69, 9.17) is 4.74 Å². The normalized spacial score (nSPS) is 12.1. The second kappa shape index (κ2) is 4.91. The molecule has 0 aliphatic rings. The third kappa shape index (κ3) is 2.41. The largest absolute Gasteiger partial charge is 0.504 e. The quantitative estimate of drug-likeness (QED) is 0.870. The molecule has 1 N–H and O–H groups in total. The number of aromatic hydroxyl groups is 1. The van der Waals surface area contributed by atoms with Crippen molar-refractivity contribution in [3.8, 4) is 11.5 Å². The highest BCUT2D eigenvalue weighted by Gasteiger charge is 2.10. The van der Waals surface area contributed by atoms with E-state index in [-0.39, 0.29) is 11.7 Å². The molecule has 2 aromatic carbocycles. The Balaban J connectivity index is 2.34. The highest BCUT2D eigenvalue weighted by Crippen LogP contribution is 2.32. The van der Waals surface area contributed by atoms with E-state index in [0.29, 0.717) is 5.75 Å². The summed E-state index contributed by atoms with van der Waals surface area (Å²) in [6, 6.07) is 15.8. The Morgan fingerprint density at radius 2 is 1.71 bits per heavy atom. The first kappa shape index (κ1) is 11.5. The van der Waals surface area contributed by atoms with Crippen molar-refractivity contribution in [2.75, 3.05) is 7.11 Å². The van der Waals surface area contributed by atoms with Gasteiger partial charge in [-0.05, 0) is 23.3 Å². The number of hydrogen-bond acceptors (Lipinski definition) is 2. The first-order chi connectivity index (χ1) is 8.22. The SMILES string of the molecule is COc1cc(C(C)c2ccccc2)ccc1O. The van der Waals surface area contributed by atoms with Crippen LogP contribution < -0.4 is 4.74 Å². The van der Waals surface area contributed by atoms with E-state index in [1.165, 1.54) is 5.56 Å². The Morgan fingerprint density at radius 3 is 2.35 bits per heavy atom. The van der Waals surface area contributed by atoms with E-state index >= 15 is 0 Å². The summed E-state index contributed by atoms with van der Waals surface area (Å²) in [5.41, 5.74) is 2.38. The van der Waals surface area contributed by atoms with Crippen molar-refractivity contribution in [2.45, 2.75) is 12.8 Å². The third-order valence-electron chi connectivity index (χ3n) is 3.00. The molecule has 0 spiro atoms. The zero-order chi connectivity index (χ0) is 12.3. The van der Waals surface area contributed by atoms with Gasteiger partial charge in [0.2, 0.25) is 0 Å². The number of ether oxygens (including phenoxy) is 1. The molecule has 88 valence electrons. The molecule has 1 unspecified atom stereocenters. The molecule has 0 saturated carbocycles. The highest BCUT2D eigenvalue weighted by atomic mass is 16.5. The predicted molar refractivity (Wildman–Crippen MR) is 68.6 cm³/mol. The second-order valence-electron chi connectivity index (χ2n) is 4.06. The van der Waals surface area contributed by atoms with Gasteiger partial charge in [0.15, 0.2) is 11.5 Å². The lowest BCUT2D eigenvalue weighted by Crippen LogP contribution is -1.96. The molecule has 1 atom stereocenters. The topological polar surface area (TPSA) is 29.5 Å². The summed E-state index contributed by atoms with van der Waals surface area (Å²) >= 11 is 0. The zero-order valence-corrected chi connectivity index (χ0v) is 10.1. The molecule has 0 aliphatic heterocycles. The number of benzene rings is 2. The predicted octanol–water partition coefficient (Wildman–Crippen LogP) is 3.55. The van der Waals surface area contributed by atoms with Crippen molar-refractivity contribution in [1.82, 2.24) is 0 Å². The molecule has 2 nitrogen and oxygen atoms in total. The van der Waals surface area contributed by atoms with E-state index in [9.17, 15) is 5.11 Å². The van der Waals surface area contributed by atoms with Crippen molar-refractivity contribution in [3.05, 3.63) is 59.7 Å². The zero-order valence-electron chi connectivity index (χ0n) is 10.1. The minimum absolute atomic E-state index is 0.177. The summed E-state index contributed by atoms with van der Waals surface area (Å²) in [7, 11) is 1.56. The maximum absolute atomic E-state index is 9.56. The monoisotopic (exact) mass is 228 g/mol. The molecule has 2 rings (SSSR count). The molecule has 2 aromatic rings. The average Bonchev–Trinajstić information content (AvgIpc) is 2.39. The first-order valence-electron chi connectivity index (χ1n) is 5.64. The molecule has 0 amide bonds. The molecule has 0 bridgehead atoms. The van der Waals surface area contributed by atoms with Crippen LogP contribution in [0.25, 0.3) is 0 Å². The van der Waals surface area contributed by atoms with Gasteiger partial charge in [0.25, 0.3) is 0 Å². The van der Waals surface area contributed by atoms with Gasteiger partial charge in [-0.1, -0.05) is 43.3 Å². The minimum Gasteiger partial charge on any atom is -0.504 e. The molecule has 0 radical (unpaired) electrons. The van der Waals surface area contributed by atoms with Crippen molar-refractivity contribution >= 4 is 0 Å². The Labute approximate surface area is 101 Å². The molecule has 0 saturated heterocycles. The van der Waals surface area contributed by atoms with Gasteiger partial charge in [-0.25, -0.2) is 0 Å². The van der Waals surface area contributed by atoms with Gasteiger partial charge in [0.05, 0.1) is 7.11 Å². The van der Waals surface area contributed by atoms with Crippen LogP contribution in [0, 0.1) is 0 Å². The van der Waals surface area contributed by atoms with Gasteiger partial charge < -0.3 is 9.84 Å². The van der Waals surface area contributed by atoms with Crippen LogP contribution >= 0.6 is 0 Å². The van der Waals surface area contributed by atoms with E-state index in [0.717, 1.165) is 5.56 Å². The van der Waals surface area contributed by atoms with Gasteiger partial charge >= 0.3 is 0 Å². The summed E-state index contributed by atoms with van der Waals surface area (Å²) in [5, 5.41) is 9.56. The summed E-state index contributed by atoms with van der Waals surface area (Å²) in [6.07, 6.45) is 0. The first-order valence-corrected chi connectivity index (χ1v) is 5.64. The lowest BCUT2D eigenvalue weighted by atomic mass is 9.93. The van der Waals surface area contributed by atoms with Crippen LogP contribution in [0.5, 0.6) is 11.5 Å². The minimum atomic E-state index is 0.177. The van der Waals surface area contributed by atoms with Gasteiger partial charge in [0, 0.05) is 5.92 Å². The smallest absolute Gasteiger partial charge is 0.160 e. The van der Waals surface area contributed by atoms with Crippen molar-refractivity contribution in [3.63, 3.8) is 0 Å². The van der Waals surface area contributed by atoms with E-state index in [1.807, 2.05) is 30.3 Å². The van der Waals surface area contributed by atoms with Crippen molar-refractivity contribution < 1.29 is 9.84 Å². The van der Waals surface area contributed by atoms with E-state index in [2.05, 4.69) is 19.1 Å². The number of methoxy groups -OCH3 is 1. The maximum atomic E-state index is 9.56. The van der Waals surface area contributed by atoms with E-state index < -0.39 is 0 Å². The highest BCUT2D eigenvalue weighted by molar-refractivity contribution is 5.44. The molecular formula is C15H16O2. The number of phenolic OH excluding ortho intramolecular Hbond substituents is 1. The Bertz CT molecular complexity index is 492. The standard InChI is InChI=1S/C15H16O2/c1-11(12-6-4-3-5-7-12)13-8-9-14(16)15(10-13)17-2/h3-11,16H,1-2H3. The number of rotatable bonds is 3. The Kier molecular flexibility index (Phi) is 3.33. The van der Waals surface area contributed by atoms with Gasteiger partial charge in [-0.3, -0.25) is 0 Å². The van der Waals surface area contributed by atoms with Gasteiger partial charge in [-0.15, -0.1) is 0 Å². The molecular weight excluding hydrogens is 212 g/mol. The average molecular weight is 228 g/mol. The Morgan fingerprint density at radius 1 is 1.00 bits per heavy atom. The lowest BCUT2D eigenvalue weighted by molar-refractivity contribution is 0.373. The molecule has 17 heavy (non-hydrogen) atoms. The van der Waals surface area contributed by atoms with Crippen LogP contribution in [0.1, 0.15) is 24.0 Å². The molecule has 2 heteroatoms. The molecule has 0 fully saturated rings. The molecule has 0 heterocycles. The summed E-state index contributed by atoms with van der Waals surface area (Å²) in [6.45, 7) is 2.14. The second-order valence-corrected chi connectivity index (χ2v) is 4.06. The van der Waals surface area contributed by atoms with Crippen LogP contribution in [-0.4, -0.2) is 12.2 Å². The maximum Gasteiger partial charge on any atom is 0.160 e.